The van der Waals surface area contributed by atoms with Gasteiger partial charge in [0.2, 0.25) is 0 Å². The van der Waals surface area contributed by atoms with Crippen molar-refractivity contribution in [2.45, 2.75) is 0 Å². The molecule has 0 aliphatic heterocycles. The van der Waals surface area contributed by atoms with Crippen molar-refractivity contribution in [3.05, 3.63) is 115 Å². The number of nitro benzene ring substituents is 6. The standard InChI is InChI=1S/3C6H5N2O5Si.O.V/c3*9-7(10)4-1-5(8(11)12)3-6(2-4)14-13;;/h3*1-3H,14H2;;/q3*-1;;+3. The van der Waals surface area contributed by atoms with Gasteiger partial charge in [-0.05, 0) is 0 Å². The number of nitro groups is 6. The summed E-state index contributed by atoms with van der Waals surface area (Å²) in [7, 11) is -7.17. The molecule has 0 aliphatic carbocycles. The van der Waals surface area contributed by atoms with E-state index in [0.29, 0.717) is 18.2 Å². The zero-order valence-corrected chi connectivity index (χ0v) is 27.1. The molecule has 0 bridgehead atoms. The van der Waals surface area contributed by atoms with Crippen molar-refractivity contribution >= 4 is 79.0 Å². The van der Waals surface area contributed by atoms with E-state index in [1.54, 1.807) is 0 Å². The second-order valence-electron chi connectivity index (χ2n) is 8.38. The summed E-state index contributed by atoms with van der Waals surface area (Å²) in [5.41, 5.74) is -4.05. The molecule has 0 aliphatic rings. The van der Waals surface area contributed by atoms with Crippen molar-refractivity contribution in [2.75, 3.05) is 0 Å². The van der Waals surface area contributed by atoms with Gasteiger partial charge >= 0.3 is 253 Å². The maximum atomic E-state index is 13.7. The quantitative estimate of drug-likeness (QED) is 0.103. The molecule has 0 radical (unpaired) electrons. The summed E-state index contributed by atoms with van der Waals surface area (Å²) in [4.78, 5) is 61.9. The molecular weight excluding hydrogens is 691 g/mol. The first-order valence-corrected chi connectivity index (χ1v) is 17.5. The monoisotopic (exact) mass is 706 g/mol. The van der Waals surface area contributed by atoms with E-state index in [2.05, 4.69) is 0 Å². The fourth-order valence-electron chi connectivity index (χ4n) is 3.42. The summed E-state index contributed by atoms with van der Waals surface area (Å²) in [6.45, 7) is 0. The Balaban J connectivity index is 1.96. The first kappa shape index (κ1) is 33.5. The third-order valence-corrected chi connectivity index (χ3v) is 15.1. The molecule has 3 aromatic carbocycles. The van der Waals surface area contributed by atoms with E-state index in [0.717, 1.165) is 36.4 Å². The van der Waals surface area contributed by atoms with Gasteiger partial charge in [-0.25, -0.2) is 0 Å². The van der Waals surface area contributed by atoms with Crippen LogP contribution in [0.4, 0.5) is 34.1 Å². The van der Waals surface area contributed by atoms with Crippen LogP contribution >= 0.6 is 0 Å². The van der Waals surface area contributed by atoms with Crippen LogP contribution in [0.25, 0.3) is 0 Å². The van der Waals surface area contributed by atoms with Crippen LogP contribution in [-0.4, -0.2) is 58.8 Å². The zero-order chi connectivity index (χ0) is 32.8. The van der Waals surface area contributed by atoms with Crippen LogP contribution in [0, 0.1) is 60.7 Å². The van der Waals surface area contributed by atoms with Crippen LogP contribution in [0.2, 0.25) is 0 Å². The molecule has 0 atom stereocenters. The summed E-state index contributed by atoms with van der Waals surface area (Å²) in [5.74, 6) is 0. The van der Waals surface area contributed by atoms with Crippen molar-refractivity contribution in [1.29, 1.82) is 0 Å². The molecule has 0 unspecified atom stereocenters. The Kier molecular flexibility index (Phi) is 10.6. The minimum atomic E-state index is -5.58. The molecule has 0 spiro atoms. The Labute approximate surface area is 252 Å². The van der Waals surface area contributed by atoms with Gasteiger partial charge in [-0.15, -0.1) is 0 Å². The van der Waals surface area contributed by atoms with Gasteiger partial charge in [-0.2, -0.15) is 0 Å². The average molecular weight is 707 g/mol. The van der Waals surface area contributed by atoms with Gasteiger partial charge in [-0.3, -0.25) is 0 Å². The number of rotatable bonds is 15. The second-order valence-corrected chi connectivity index (χ2v) is 17.5. The summed E-state index contributed by atoms with van der Waals surface area (Å²) in [6.07, 6.45) is 0. The molecule has 3 rings (SSSR count). The molecule has 0 amide bonds. The summed E-state index contributed by atoms with van der Waals surface area (Å²) in [5, 5.41) is 67.1. The second kappa shape index (κ2) is 14.0. The Morgan fingerprint density at radius 3 is 0.750 bits per heavy atom. The van der Waals surface area contributed by atoms with Gasteiger partial charge in [0.05, 0.1) is 0 Å². The Hall–Kier alpha value is -5.02. The Morgan fingerprint density at radius 1 is 0.409 bits per heavy atom. The van der Waals surface area contributed by atoms with E-state index >= 15 is 0 Å². The van der Waals surface area contributed by atoms with Crippen LogP contribution in [0.1, 0.15) is 0 Å². The zero-order valence-electron chi connectivity index (χ0n) is 21.5. The average Bonchev–Trinajstić information content (AvgIpc) is 2.97. The number of nitrogens with zero attached hydrogens (tertiary/aromatic N) is 6. The van der Waals surface area contributed by atoms with E-state index in [4.69, 9.17) is 10.1 Å². The fraction of sp³-hybridized carbons (Fsp3) is 0. The van der Waals surface area contributed by atoms with Crippen molar-refractivity contribution in [2.24, 2.45) is 0 Å². The number of hydrogen-bond donors (Lipinski definition) is 0. The third kappa shape index (κ3) is 8.99. The molecule has 0 fully saturated rings. The van der Waals surface area contributed by atoms with E-state index in [9.17, 15) is 64.4 Å². The Bertz CT molecular complexity index is 1460. The first-order chi connectivity index (χ1) is 20.6. The number of hydrogen-bond acceptors (Lipinski definition) is 16. The molecule has 0 heterocycles. The topological polar surface area (TPSA) is 304 Å². The van der Waals surface area contributed by atoms with E-state index in [-0.39, 0.29) is 15.6 Å². The molecule has 22 nitrogen and oxygen atoms in total. The molecule has 44 heavy (non-hydrogen) atoms. The summed E-state index contributed by atoms with van der Waals surface area (Å²) < 4.78 is 30.1. The molecule has 230 valence electrons. The summed E-state index contributed by atoms with van der Waals surface area (Å²) >= 11 is -5.58. The van der Waals surface area contributed by atoms with Gasteiger partial charge < -0.3 is 0 Å². The maximum absolute atomic E-state index is 13.7. The van der Waals surface area contributed by atoms with E-state index < -0.39 is 108 Å². The van der Waals surface area contributed by atoms with Gasteiger partial charge in [0.1, 0.15) is 0 Å². The molecule has 0 saturated heterocycles. The van der Waals surface area contributed by atoms with Crippen LogP contribution < -0.4 is 15.6 Å². The molecule has 3 aromatic rings. The predicted molar refractivity (Wildman–Crippen MR) is 148 cm³/mol. The Morgan fingerprint density at radius 2 is 0.591 bits per heavy atom. The van der Waals surface area contributed by atoms with Crippen LogP contribution in [-0.2, 0) is 28.8 Å². The molecule has 0 saturated carbocycles. The number of non-ortho nitro benzene ring substituents is 6. The van der Waals surface area contributed by atoms with Crippen LogP contribution in [0.15, 0.2) is 54.6 Å². The van der Waals surface area contributed by atoms with Crippen molar-refractivity contribution in [3.63, 3.8) is 0 Å². The van der Waals surface area contributed by atoms with Crippen LogP contribution in [0.3, 0.4) is 0 Å². The normalized spacial score (nSPS) is 13.0. The SMILES string of the molecule is O=[N+]([O-])c1cc([SiH2][O][V](=[O])([O][SiH2]c2cc([N+](=O)[O-])cc([N+](=O)[O-])c2)[O][SiH2]c2cc([N+](=O)[O-])cc([N+](=O)[O-])c2)cc([N+](=O)[O-])c1. The molecule has 0 aromatic heterocycles. The van der Waals surface area contributed by atoms with Gasteiger partial charge in [0.25, 0.3) is 0 Å². The van der Waals surface area contributed by atoms with Crippen molar-refractivity contribution in [3.8, 4) is 0 Å². The molecular formula is C18H15N6O16Si3V. The van der Waals surface area contributed by atoms with Crippen molar-refractivity contribution in [1.82, 2.24) is 0 Å². The van der Waals surface area contributed by atoms with E-state index in [1.165, 1.54) is 0 Å². The molecule has 0 N–H and O–H groups in total. The minimum absolute atomic E-state index is 0.0833. The van der Waals surface area contributed by atoms with Gasteiger partial charge in [0, 0.05) is 0 Å². The fourth-order valence-corrected chi connectivity index (χ4v) is 14.5. The molecule has 26 heteroatoms. The van der Waals surface area contributed by atoms with Crippen molar-refractivity contribution < 1.29 is 58.3 Å². The first-order valence-electron chi connectivity index (χ1n) is 11.4. The van der Waals surface area contributed by atoms with Gasteiger partial charge in [-0.1, -0.05) is 0 Å². The third-order valence-electron chi connectivity index (χ3n) is 5.32. The van der Waals surface area contributed by atoms with Crippen LogP contribution in [0.5, 0.6) is 0 Å². The van der Waals surface area contributed by atoms with E-state index in [1.807, 2.05) is 0 Å². The van der Waals surface area contributed by atoms with Gasteiger partial charge in [0.15, 0.2) is 0 Å². The predicted octanol–water partition coefficient (Wildman–Crippen LogP) is -1.04. The summed E-state index contributed by atoms with van der Waals surface area (Å²) in [6, 6.07) is 7.64. The number of benzene rings is 3.